The van der Waals surface area contributed by atoms with Crippen LogP contribution in [0.15, 0.2) is 91.0 Å². The number of phenolic OH excluding ortho intramolecular Hbond substituents is 1. The summed E-state index contributed by atoms with van der Waals surface area (Å²) in [4.78, 5) is 38.0. The molecular formula is C33H33N3O6. The zero-order valence-electron chi connectivity index (χ0n) is 23.6. The number of nitrogens with one attached hydrogen (secondary N) is 3. The maximum Gasteiger partial charge on any atom is 0.323 e. The zero-order chi connectivity index (χ0) is 30.1. The van der Waals surface area contributed by atoms with Gasteiger partial charge < -0.3 is 30.5 Å². The highest BCUT2D eigenvalue weighted by Crippen LogP contribution is 2.38. The minimum absolute atomic E-state index is 0.107. The van der Waals surface area contributed by atoms with Gasteiger partial charge >= 0.3 is 6.03 Å². The Morgan fingerprint density at radius 1 is 0.762 bits per heavy atom. The minimum atomic E-state index is -0.407. The summed E-state index contributed by atoms with van der Waals surface area (Å²) in [7, 11) is 3.03. The van der Waals surface area contributed by atoms with E-state index in [1.165, 1.54) is 27.2 Å². The molecule has 0 spiro atoms. The molecule has 0 aliphatic rings. The van der Waals surface area contributed by atoms with Crippen molar-refractivity contribution in [2.45, 2.75) is 19.3 Å². The van der Waals surface area contributed by atoms with Crippen molar-refractivity contribution >= 4 is 29.1 Å². The number of rotatable bonds is 11. The van der Waals surface area contributed by atoms with Crippen LogP contribution in [0.5, 0.6) is 17.2 Å². The van der Waals surface area contributed by atoms with Crippen LogP contribution in [-0.2, 0) is 0 Å². The predicted octanol–water partition coefficient (Wildman–Crippen LogP) is 6.21. The van der Waals surface area contributed by atoms with Gasteiger partial charge in [-0.25, -0.2) is 4.79 Å². The number of phenols is 1. The lowest BCUT2D eigenvalue weighted by Crippen LogP contribution is -2.26. The first kappa shape index (κ1) is 29.7. The van der Waals surface area contributed by atoms with Crippen molar-refractivity contribution in [3.63, 3.8) is 0 Å². The van der Waals surface area contributed by atoms with E-state index in [0.29, 0.717) is 40.4 Å². The van der Waals surface area contributed by atoms with Gasteiger partial charge in [-0.2, -0.15) is 0 Å². The molecule has 0 aromatic heterocycles. The summed E-state index contributed by atoms with van der Waals surface area (Å²) in [5, 5.41) is 18.5. The number of anilines is 2. The molecular weight excluding hydrogens is 534 g/mol. The van der Waals surface area contributed by atoms with Crippen LogP contribution in [0.1, 0.15) is 51.1 Å². The van der Waals surface area contributed by atoms with Gasteiger partial charge in [0.2, 0.25) is 0 Å². The zero-order valence-corrected chi connectivity index (χ0v) is 23.6. The van der Waals surface area contributed by atoms with Gasteiger partial charge in [-0.1, -0.05) is 42.5 Å². The average Bonchev–Trinajstić information content (AvgIpc) is 2.99. The van der Waals surface area contributed by atoms with Crippen LogP contribution in [0, 0.1) is 0 Å². The number of ether oxygens (including phenoxy) is 2. The van der Waals surface area contributed by atoms with Crippen molar-refractivity contribution in [3.05, 3.63) is 113 Å². The lowest BCUT2D eigenvalue weighted by molar-refractivity contribution is 0.0948. The van der Waals surface area contributed by atoms with E-state index >= 15 is 0 Å². The highest BCUT2D eigenvalue weighted by Gasteiger charge is 2.23. The van der Waals surface area contributed by atoms with Crippen LogP contribution in [0.4, 0.5) is 16.2 Å². The van der Waals surface area contributed by atoms with E-state index < -0.39 is 5.91 Å². The van der Waals surface area contributed by atoms with Crippen LogP contribution in [0.25, 0.3) is 0 Å². The largest absolute Gasteiger partial charge is 0.507 e. The van der Waals surface area contributed by atoms with Crippen LogP contribution in [0.3, 0.4) is 0 Å². The molecule has 0 aliphatic carbocycles. The summed E-state index contributed by atoms with van der Waals surface area (Å²) in [6.07, 6.45) is 0.427. The molecule has 4 rings (SSSR count). The normalized spacial score (nSPS) is 11.2. The summed E-state index contributed by atoms with van der Waals surface area (Å²) in [6, 6.07) is 25.8. The Morgan fingerprint density at radius 2 is 1.36 bits per heavy atom. The fourth-order valence-electron chi connectivity index (χ4n) is 4.69. The molecule has 4 aromatic rings. The highest BCUT2D eigenvalue weighted by atomic mass is 16.5. The standard InChI is InChI=1S/C33H33N3O6/c1-21(37)27-19-30(41-2)31(42-3)20-28(27)25(17-18-34-32(39)26-11-7-8-12-29(26)38)22-13-15-24(16-14-22)36-33(40)35-23-9-5-4-6-10-23/h4-16,19-20,25,38H,17-18H2,1-3H3,(H,34,39)(H2,35,36,40). The molecule has 0 bridgehead atoms. The topological polar surface area (TPSA) is 126 Å². The maximum absolute atomic E-state index is 12.8. The summed E-state index contributed by atoms with van der Waals surface area (Å²) >= 11 is 0. The van der Waals surface area contributed by atoms with E-state index in [4.69, 9.17) is 9.47 Å². The van der Waals surface area contributed by atoms with E-state index in [9.17, 15) is 19.5 Å². The van der Waals surface area contributed by atoms with Gasteiger partial charge in [0.15, 0.2) is 17.3 Å². The fraction of sp³-hybridized carbons (Fsp3) is 0.182. The second kappa shape index (κ2) is 13.8. The molecule has 0 radical (unpaired) electrons. The van der Waals surface area contributed by atoms with Crippen molar-refractivity contribution in [2.75, 3.05) is 31.4 Å². The molecule has 9 heteroatoms. The van der Waals surface area contributed by atoms with Crippen molar-refractivity contribution in [3.8, 4) is 17.2 Å². The first-order valence-corrected chi connectivity index (χ1v) is 13.4. The van der Waals surface area contributed by atoms with Gasteiger partial charge in [-0.15, -0.1) is 0 Å². The summed E-state index contributed by atoms with van der Waals surface area (Å²) < 4.78 is 11.0. The van der Waals surface area contributed by atoms with Crippen molar-refractivity contribution in [1.82, 2.24) is 5.32 Å². The van der Waals surface area contributed by atoms with E-state index in [1.54, 1.807) is 54.6 Å². The molecule has 0 heterocycles. The number of carbonyl (C=O) groups excluding carboxylic acids is 3. The van der Waals surface area contributed by atoms with Crippen molar-refractivity contribution < 1.29 is 29.0 Å². The first-order chi connectivity index (χ1) is 20.3. The van der Waals surface area contributed by atoms with Gasteiger partial charge in [0.1, 0.15) is 5.75 Å². The number of benzene rings is 4. The lowest BCUT2D eigenvalue weighted by Gasteiger charge is -2.23. The number of urea groups is 1. The first-order valence-electron chi connectivity index (χ1n) is 13.4. The third-order valence-electron chi connectivity index (χ3n) is 6.78. The second-order valence-electron chi connectivity index (χ2n) is 9.53. The van der Waals surface area contributed by atoms with Crippen LogP contribution < -0.4 is 25.4 Å². The van der Waals surface area contributed by atoms with Crippen molar-refractivity contribution in [2.24, 2.45) is 0 Å². The molecule has 0 saturated carbocycles. The van der Waals surface area contributed by atoms with Gasteiger partial charge in [0.25, 0.3) is 5.91 Å². The Balaban J connectivity index is 1.61. The predicted molar refractivity (Wildman–Crippen MR) is 162 cm³/mol. The second-order valence-corrected chi connectivity index (χ2v) is 9.53. The third-order valence-corrected chi connectivity index (χ3v) is 6.78. The van der Waals surface area contributed by atoms with Gasteiger partial charge in [-0.05, 0) is 73.0 Å². The Hall–Kier alpha value is -5.31. The molecule has 42 heavy (non-hydrogen) atoms. The number of carbonyl (C=O) groups is 3. The van der Waals surface area contributed by atoms with Gasteiger partial charge in [0, 0.05) is 29.4 Å². The summed E-state index contributed by atoms with van der Waals surface area (Å²) in [5.41, 5.74) is 3.46. The Labute approximate surface area is 244 Å². The maximum atomic E-state index is 12.8. The van der Waals surface area contributed by atoms with Crippen LogP contribution in [0.2, 0.25) is 0 Å². The number of aromatic hydroxyl groups is 1. The summed E-state index contributed by atoms with van der Waals surface area (Å²) in [6.45, 7) is 1.74. The number of methoxy groups -OCH3 is 2. The third kappa shape index (κ3) is 7.25. The average molecular weight is 568 g/mol. The quantitative estimate of drug-likeness (QED) is 0.160. The van der Waals surface area contributed by atoms with E-state index in [1.807, 2.05) is 30.3 Å². The Kier molecular flexibility index (Phi) is 9.78. The Bertz CT molecular complexity index is 1550. The molecule has 0 fully saturated rings. The van der Waals surface area contributed by atoms with Crippen LogP contribution in [-0.4, -0.2) is 43.6 Å². The molecule has 0 aliphatic heterocycles. The van der Waals surface area contributed by atoms with Crippen LogP contribution >= 0.6 is 0 Å². The lowest BCUT2D eigenvalue weighted by atomic mass is 9.84. The number of hydrogen-bond acceptors (Lipinski definition) is 6. The molecule has 216 valence electrons. The van der Waals surface area contributed by atoms with E-state index in [2.05, 4.69) is 16.0 Å². The molecule has 4 N–H and O–H groups in total. The molecule has 1 atom stereocenters. The van der Waals surface area contributed by atoms with Crippen molar-refractivity contribution in [1.29, 1.82) is 0 Å². The van der Waals surface area contributed by atoms with Gasteiger partial charge in [-0.3, -0.25) is 9.59 Å². The fourth-order valence-corrected chi connectivity index (χ4v) is 4.69. The molecule has 4 aromatic carbocycles. The molecule has 0 saturated heterocycles. The minimum Gasteiger partial charge on any atom is -0.507 e. The molecule has 3 amide bonds. The highest BCUT2D eigenvalue weighted by molar-refractivity contribution is 6.00. The SMILES string of the molecule is COc1cc(C(C)=O)c(C(CCNC(=O)c2ccccc2O)c2ccc(NC(=O)Nc3ccccc3)cc2)cc1OC. The molecule has 1 unspecified atom stereocenters. The smallest absolute Gasteiger partial charge is 0.323 e. The molecule has 9 nitrogen and oxygen atoms in total. The number of amides is 3. The van der Waals surface area contributed by atoms with E-state index in [0.717, 1.165) is 5.56 Å². The van der Waals surface area contributed by atoms with Gasteiger partial charge in [0.05, 0.1) is 19.8 Å². The monoisotopic (exact) mass is 567 g/mol. The number of hydrogen-bond donors (Lipinski definition) is 4. The number of para-hydroxylation sites is 2. The summed E-state index contributed by atoms with van der Waals surface area (Å²) in [5.74, 6) is -0.0936. The Morgan fingerprint density at radius 3 is 1.98 bits per heavy atom. The number of Topliss-reactive ketones (excluding diaryl/α,β-unsaturated/α-hetero) is 1. The number of ketones is 1. The van der Waals surface area contributed by atoms with E-state index in [-0.39, 0.29) is 35.6 Å².